The molecule has 0 saturated carbocycles. The Labute approximate surface area is 374 Å². The Morgan fingerprint density at radius 3 is 1.03 bits per heavy atom. The van der Waals surface area contributed by atoms with Crippen molar-refractivity contribution >= 4 is 38.6 Å². The Balaban J connectivity index is 0.986. The van der Waals surface area contributed by atoms with Gasteiger partial charge in [-0.2, -0.15) is 0 Å². The second-order valence-electron chi connectivity index (χ2n) is 16.8. The molecule has 64 heavy (non-hydrogen) atoms. The van der Waals surface area contributed by atoms with E-state index in [0.29, 0.717) is 0 Å². The van der Waals surface area contributed by atoms with Gasteiger partial charge in [0.15, 0.2) is 0 Å². The highest BCUT2D eigenvalue weighted by molar-refractivity contribution is 6.21. The quantitative estimate of drug-likeness (QED) is 0.138. The second-order valence-corrected chi connectivity index (χ2v) is 16.8. The number of anilines is 3. The van der Waals surface area contributed by atoms with E-state index in [4.69, 9.17) is 0 Å². The minimum Gasteiger partial charge on any atom is -0.311 e. The molecule has 0 bridgehead atoms. The molecule has 11 aromatic rings. The van der Waals surface area contributed by atoms with Crippen LogP contribution < -0.4 is 4.90 Å². The van der Waals surface area contributed by atoms with E-state index in [1.807, 2.05) is 0 Å². The van der Waals surface area contributed by atoms with Gasteiger partial charge in [-0.1, -0.05) is 224 Å². The molecule has 0 heterocycles. The zero-order valence-electron chi connectivity index (χ0n) is 35.3. The molecule has 0 aliphatic heterocycles. The van der Waals surface area contributed by atoms with E-state index in [9.17, 15) is 0 Å². The van der Waals surface area contributed by atoms with E-state index in [1.54, 1.807) is 0 Å². The molecule has 0 radical (unpaired) electrons. The molecule has 0 fully saturated rings. The minimum atomic E-state index is -0.498. The third kappa shape index (κ3) is 6.01. The van der Waals surface area contributed by atoms with Crippen molar-refractivity contribution in [1.29, 1.82) is 0 Å². The Morgan fingerprint density at radius 1 is 0.234 bits per heavy atom. The van der Waals surface area contributed by atoms with Crippen molar-refractivity contribution in [3.63, 3.8) is 0 Å². The Hall–Kier alpha value is -8.26. The van der Waals surface area contributed by atoms with Crippen LogP contribution in [0.5, 0.6) is 0 Å². The first-order chi connectivity index (χ1) is 31.8. The van der Waals surface area contributed by atoms with Crippen LogP contribution in [-0.2, 0) is 5.41 Å². The largest absolute Gasteiger partial charge is 0.311 e. The molecule has 12 rings (SSSR count). The monoisotopic (exact) mass is 813 g/mol. The van der Waals surface area contributed by atoms with Gasteiger partial charge < -0.3 is 4.90 Å². The van der Waals surface area contributed by atoms with Gasteiger partial charge in [-0.25, -0.2) is 0 Å². The highest BCUT2D eigenvalue weighted by atomic mass is 15.1. The number of benzene rings is 11. The van der Waals surface area contributed by atoms with Crippen molar-refractivity contribution in [2.45, 2.75) is 5.41 Å². The van der Waals surface area contributed by atoms with E-state index < -0.39 is 5.41 Å². The fourth-order valence-electron chi connectivity index (χ4n) is 10.6. The predicted octanol–water partition coefficient (Wildman–Crippen LogP) is 16.8. The van der Waals surface area contributed by atoms with Crippen molar-refractivity contribution < 1.29 is 0 Å². The summed E-state index contributed by atoms with van der Waals surface area (Å²) in [7, 11) is 0. The first-order valence-electron chi connectivity index (χ1n) is 22.2. The molecule has 1 aliphatic rings. The van der Waals surface area contributed by atoms with E-state index in [1.165, 1.54) is 88.3 Å². The van der Waals surface area contributed by atoms with Crippen LogP contribution in [0.15, 0.2) is 261 Å². The van der Waals surface area contributed by atoms with E-state index in [0.717, 1.165) is 17.1 Å². The number of rotatable bonds is 8. The standard InChI is InChI=1S/C63H43N/c1-4-18-44(19-5-1)45-32-36-48(37-33-45)63(59-30-16-14-24-53(59)54-25-15-17-31-60(54)63)49-38-42-52(43-39-49)64(50-22-8-3-9-23-50)51-40-34-47(35-41-51)62-57-28-12-10-26-55(57)61(46-20-6-2-7-21-46)56-27-11-13-29-58(56)62/h1-43H. The summed E-state index contributed by atoms with van der Waals surface area (Å²) in [6.45, 7) is 0. The van der Waals surface area contributed by atoms with Crippen LogP contribution in [0, 0.1) is 0 Å². The third-order valence-electron chi connectivity index (χ3n) is 13.4. The normalized spacial score (nSPS) is 12.5. The summed E-state index contributed by atoms with van der Waals surface area (Å²) in [5, 5.41) is 5.02. The minimum absolute atomic E-state index is 0.498. The zero-order valence-corrected chi connectivity index (χ0v) is 35.3. The van der Waals surface area contributed by atoms with Gasteiger partial charge in [0.25, 0.3) is 0 Å². The van der Waals surface area contributed by atoms with Gasteiger partial charge in [-0.05, 0) is 125 Å². The highest BCUT2D eigenvalue weighted by Gasteiger charge is 2.46. The summed E-state index contributed by atoms with van der Waals surface area (Å²) in [5.41, 5.74) is 17.9. The Bertz CT molecular complexity index is 3340. The van der Waals surface area contributed by atoms with Gasteiger partial charge in [0.1, 0.15) is 0 Å². The molecule has 300 valence electrons. The lowest BCUT2D eigenvalue weighted by atomic mass is 9.67. The topological polar surface area (TPSA) is 3.24 Å². The molecule has 1 heteroatoms. The molecule has 11 aromatic carbocycles. The summed E-state index contributed by atoms with van der Waals surface area (Å²) in [6.07, 6.45) is 0. The highest BCUT2D eigenvalue weighted by Crippen LogP contribution is 2.56. The van der Waals surface area contributed by atoms with Gasteiger partial charge in [-0.3, -0.25) is 0 Å². The van der Waals surface area contributed by atoms with E-state index >= 15 is 0 Å². The van der Waals surface area contributed by atoms with Crippen LogP contribution in [0.3, 0.4) is 0 Å². The molecule has 1 nitrogen and oxygen atoms in total. The van der Waals surface area contributed by atoms with E-state index in [-0.39, 0.29) is 0 Å². The van der Waals surface area contributed by atoms with Crippen LogP contribution in [0.4, 0.5) is 17.1 Å². The maximum absolute atomic E-state index is 2.38. The van der Waals surface area contributed by atoms with Crippen molar-refractivity contribution in [3.05, 3.63) is 283 Å². The molecule has 0 N–H and O–H groups in total. The fraction of sp³-hybridized carbons (Fsp3) is 0.0159. The lowest BCUT2D eigenvalue weighted by Crippen LogP contribution is -2.28. The summed E-state index contributed by atoms with van der Waals surface area (Å²) < 4.78 is 0. The Morgan fingerprint density at radius 2 is 0.547 bits per heavy atom. The summed E-state index contributed by atoms with van der Waals surface area (Å²) in [6, 6.07) is 95.6. The summed E-state index contributed by atoms with van der Waals surface area (Å²) in [4.78, 5) is 2.38. The van der Waals surface area contributed by atoms with Crippen molar-refractivity contribution in [2.24, 2.45) is 0 Å². The average molecular weight is 814 g/mol. The van der Waals surface area contributed by atoms with Crippen molar-refractivity contribution in [2.75, 3.05) is 4.90 Å². The number of fused-ring (bicyclic) bond motifs is 5. The first-order valence-corrected chi connectivity index (χ1v) is 22.2. The lowest BCUT2D eigenvalue weighted by Gasteiger charge is -2.34. The van der Waals surface area contributed by atoms with Crippen molar-refractivity contribution in [1.82, 2.24) is 0 Å². The van der Waals surface area contributed by atoms with Crippen LogP contribution >= 0.6 is 0 Å². The zero-order chi connectivity index (χ0) is 42.5. The molecular formula is C63H43N. The van der Waals surface area contributed by atoms with Crippen LogP contribution in [-0.4, -0.2) is 0 Å². The average Bonchev–Trinajstić information content (AvgIpc) is 3.68. The maximum Gasteiger partial charge on any atom is 0.0713 e. The number of hydrogen-bond acceptors (Lipinski definition) is 1. The van der Waals surface area contributed by atoms with Gasteiger partial charge in [-0.15, -0.1) is 0 Å². The smallest absolute Gasteiger partial charge is 0.0713 e. The number of hydrogen-bond donors (Lipinski definition) is 0. The number of para-hydroxylation sites is 1. The van der Waals surface area contributed by atoms with Crippen LogP contribution in [0.2, 0.25) is 0 Å². The summed E-state index contributed by atoms with van der Waals surface area (Å²) >= 11 is 0. The fourth-order valence-corrected chi connectivity index (χ4v) is 10.6. The molecular weight excluding hydrogens is 771 g/mol. The SMILES string of the molecule is c1ccc(-c2ccc(C3(c4ccc(N(c5ccccc5)c5ccc(-c6c7ccccc7c(-c7ccccc7)c7ccccc67)cc5)cc4)c4ccccc4-c4ccccc43)cc2)cc1. The first kappa shape index (κ1) is 37.5. The molecule has 0 spiro atoms. The molecule has 0 atom stereocenters. The molecule has 0 amide bonds. The maximum atomic E-state index is 2.38. The van der Waals surface area contributed by atoms with Crippen LogP contribution in [0.1, 0.15) is 22.3 Å². The van der Waals surface area contributed by atoms with Crippen LogP contribution in [0.25, 0.3) is 66.1 Å². The lowest BCUT2D eigenvalue weighted by molar-refractivity contribution is 0.768. The van der Waals surface area contributed by atoms with Gasteiger partial charge >= 0.3 is 0 Å². The second kappa shape index (κ2) is 15.6. The number of nitrogens with zero attached hydrogens (tertiary/aromatic N) is 1. The third-order valence-corrected chi connectivity index (χ3v) is 13.4. The van der Waals surface area contributed by atoms with Gasteiger partial charge in [0.05, 0.1) is 5.41 Å². The van der Waals surface area contributed by atoms with Gasteiger partial charge in [0, 0.05) is 17.1 Å². The predicted molar refractivity (Wildman–Crippen MR) is 270 cm³/mol. The van der Waals surface area contributed by atoms with Gasteiger partial charge in [0.2, 0.25) is 0 Å². The molecule has 1 aliphatic carbocycles. The van der Waals surface area contributed by atoms with E-state index in [2.05, 4.69) is 266 Å². The Kier molecular flexibility index (Phi) is 9.13. The molecule has 0 saturated heterocycles. The summed E-state index contributed by atoms with van der Waals surface area (Å²) in [5.74, 6) is 0. The molecule has 0 unspecified atom stereocenters. The van der Waals surface area contributed by atoms with Crippen molar-refractivity contribution in [3.8, 4) is 44.5 Å². The molecule has 0 aromatic heterocycles.